The average Bonchev–Trinajstić information content (AvgIpc) is 2.39. The van der Waals surface area contributed by atoms with Crippen molar-refractivity contribution in [2.75, 3.05) is 43.9 Å². The van der Waals surface area contributed by atoms with Gasteiger partial charge in [0, 0.05) is 38.3 Å². The lowest BCUT2D eigenvalue weighted by Crippen LogP contribution is -2.49. The van der Waals surface area contributed by atoms with Crippen molar-refractivity contribution in [3.05, 3.63) is 18.2 Å². The summed E-state index contributed by atoms with van der Waals surface area (Å²) in [7, 11) is 1.69. The first-order valence-corrected chi connectivity index (χ1v) is 6.54. The van der Waals surface area contributed by atoms with Crippen LogP contribution in [0.15, 0.2) is 18.2 Å². The van der Waals surface area contributed by atoms with Crippen molar-refractivity contribution >= 4 is 11.4 Å². The van der Waals surface area contributed by atoms with Crippen molar-refractivity contribution < 1.29 is 4.74 Å². The maximum absolute atomic E-state index is 6.06. The Hall–Kier alpha value is -1.42. The summed E-state index contributed by atoms with van der Waals surface area (Å²) in [4.78, 5) is 4.84. The van der Waals surface area contributed by atoms with Crippen molar-refractivity contribution in [1.82, 2.24) is 4.90 Å². The Kier molecular flexibility index (Phi) is 3.97. The monoisotopic (exact) mass is 249 g/mol. The normalized spacial score (nSPS) is 17.2. The minimum atomic E-state index is 0.620. The number of nitrogens with zero attached hydrogens (tertiary/aromatic N) is 2. The molecule has 0 aliphatic carbocycles. The summed E-state index contributed by atoms with van der Waals surface area (Å²) < 4.78 is 5.27. The molecular weight excluding hydrogens is 226 g/mol. The van der Waals surface area contributed by atoms with Crippen molar-refractivity contribution in [2.45, 2.75) is 19.9 Å². The second kappa shape index (κ2) is 5.48. The summed E-state index contributed by atoms with van der Waals surface area (Å²) in [5.41, 5.74) is 7.98. The molecule has 2 rings (SSSR count). The van der Waals surface area contributed by atoms with Gasteiger partial charge in [-0.25, -0.2) is 0 Å². The quantitative estimate of drug-likeness (QED) is 0.830. The first-order chi connectivity index (χ1) is 8.61. The first kappa shape index (κ1) is 13.0. The van der Waals surface area contributed by atoms with Gasteiger partial charge < -0.3 is 15.4 Å². The van der Waals surface area contributed by atoms with Gasteiger partial charge in [0.05, 0.1) is 18.5 Å². The molecule has 0 spiro atoms. The number of benzene rings is 1. The molecular formula is C14H23N3O. The average molecular weight is 249 g/mol. The Labute approximate surface area is 109 Å². The maximum atomic E-state index is 6.06. The number of nitrogens with two attached hydrogens (primary N) is 1. The smallest absolute Gasteiger partial charge is 0.121 e. The van der Waals surface area contributed by atoms with E-state index in [9.17, 15) is 0 Å². The molecule has 100 valence electrons. The number of hydrogen-bond donors (Lipinski definition) is 1. The van der Waals surface area contributed by atoms with Crippen LogP contribution < -0.4 is 15.4 Å². The van der Waals surface area contributed by atoms with Crippen molar-refractivity contribution in [3.8, 4) is 5.75 Å². The van der Waals surface area contributed by atoms with Crippen LogP contribution in [0, 0.1) is 0 Å². The van der Waals surface area contributed by atoms with E-state index in [1.54, 1.807) is 7.11 Å². The Morgan fingerprint density at radius 2 is 1.83 bits per heavy atom. The Morgan fingerprint density at radius 3 is 2.39 bits per heavy atom. The maximum Gasteiger partial charge on any atom is 0.121 e. The van der Waals surface area contributed by atoms with E-state index in [0.29, 0.717) is 6.04 Å². The minimum Gasteiger partial charge on any atom is -0.497 e. The molecule has 18 heavy (non-hydrogen) atoms. The molecule has 2 N–H and O–H groups in total. The van der Waals surface area contributed by atoms with Gasteiger partial charge in [-0.3, -0.25) is 4.90 Å². The Morgan fingerprint density at radius 1 is 1.17 bits per heavy atom. The first-order valence-electron chi connectivity index (χ1n) is 6.54. The van der Waals surface area contributed by atoms with E-state index in [1.165, 1.54) is 0 Å². The lowest BCUT2D eigenvalue weighted by molar-refractivity contribution is 0.209. The third kappa shape index (κ3) is 2.70. The molecule has 0 saturated carbocycles. The second-order valence-corrected chi connectivity index (χ2v) is 5.04. The second-order valence-electron chi connectivity index (χ2n) is 5.04. The van der Waals surface area contributed by atoms with Crippen LogP contribution in [0.1, 0.15) is 13.8 Å². The molecule has 0 bridgehead atoms. The van der Waals surface area contributed by atoms with Crippen LogP contribution in [0.25, 0.3) is 0 Å². The van der Waals surface area contributed by atoms with Crippen LogP contribution in [0.5, 0.6) is 5.75 Å². The summed E-state index contributed by atoms with van der Waals surface area (Å²) in [5, 5.41) is 0. The van der Waals surface area contributed by atoms with E-state index in [4.69, 9.17) is 10.5 Å². The van der Waals surface area contributed by atoms with E-state index in [0.717, 1.165) is 43.3 Å². The van der Waals surface area contributed by atoms with Crippen LogP contribution in [-0.4, -0.2) is 44.2 Å². The molecule has 1 aromatic rings. The zero-order chi connectivity index (χ0) is 13.1. The minimum absolute atomic E-state index is 0.620. The molecule has 0 aromatic heterocycles. The summed E-state index contributed by atoms with van der Waals surface area (Å²) in [5.74, 6) is 0.866. The predicted octanol–water partition coefficient (Wildman–Crippen LogP) is 1.81. The predicted molar refractivity (Wildman–Crippen MR) is 76.3 cm³/mol. The molecule has 1 aliphatic rings. The summed E-state index contributed by atoms with van der Waals surface area (Å²) in [6.45, 7) is 8.72. The standard InChI is InChI=1S/C14H23N3O/c1-11(2)16-6-8-17(9-7-16)14-10-12(18-3)4-5-13(14)15/h4-5,10-11H,6-9,15H2,1-3H3. The zero-order valence-corrected chi connectivity index (χ0v) is 11.5. The molecule has 1 aromatic carbocycles. The van der Waals surface area contributed by atoms with Gasteiger partial charge in [0.1, 0.15) is 5.75 Å². The summed E-state index contributed by atoms with van der Waals surface area (Å²) in [6.07, 6.45) is 0. The van der Waals surface area contributed by atoms with Crippen molar-refractivity contribution in [3.63, 3.8) is 0 Å². The zero-order valence-electron chi connectivity index (χ0n) is 11.5. The fraction of sp³-hybridized carbons (Fsp3) is 0.571. The molecule has 1 saturated heterocycles. The third-order valence-corrected chi connectivity index (χ3v) is 3.62. The van der Waals surface area contributed by atoms with Crippen LogP contribution in [-0.2, 0) is 0 Å². The van der Waals surface area contributed by atoms with E-state index in [1.807, 2.05) is 18.2 Å². The fourth-order valence-corrected chi connectivity index (χ4v) is 2.40. The molecule has 0 amide bonds. The van der Waals surface area contributed by atoms with E-state index in [-0.39, 0.29) is 0 Å². The van der Waals surface area contributed by atoms with E-state index < -0.39 is 0 Å². The molecule has 0 unspecified atom stereocenters. The highest BCUT2D eigenvalue weighted by Gasteiger charge is 2.20. The number of rotatable bonds is 3. The third-order valence-electron chi connectivity index (χ3n) is 3.62. The van der Waals surface area contributed by atoms with Crippen molar-refractivity contribution in [2.24, 2.45) is 0 Å². The summed E-state index contributed by atoms with van der Waals surface area (Å²) in [6, 6.07) is 6.47. The molecule has 1 aliphatic heterocycles. The van der Waals surface area contributed by atoms with Crippen LogP contribution >= 0.6 is 0 Å². The van der Waals surface area contributed by atoms with Gasteiger partial charge in [0.2, 0.25) is 0 Å². The number of hydrogen-bond acceptors (Lipinski definition) is 4. The Bertz CT molecular complexity index is 398. The molecule has 0 radical (unpaired) electrons. The van der Waals surface area contributed by atoms with Crippen molar-refractivity contribution in [1.29, 1.82) is 0 Å². The van der Waals surface area contributed by atoms with Crippen LogP contribution in [0.3, 0.4) is 0 Å². The van der Waals surface area contributed by atoms with E-state index in [2.05, 4.69) is 23.6 Å². The van der Waals surface area contributed by atoms with Gasteiger partial charge in [0.15, 0.2) is 0 Å². The van der Waals surface area contributed by atoms with E-state index >= 15 is 0 Å². The largest absolute Gasteiger partial charge is 0.497 e. The summed E-state index contributed by atoms with van der Waals surface area (Å²) >= 11 is 0. The lowest BCUT2D eigenvalue weighted by Gasteiger charge is -2.38. The SMILES string of the molecule is COc1ccc(N)c(N2CCN(C(C)C)CC2)c1. The topological polar surface area (TPSA) is 41.7 Å². The molecule has 1 fully saturated rings. The fourth-order valence-electron chi connectivity index (χ4n) is 2.40. The number of piperazine rings is 1. The lowest BCUT2D eigenvalue weighted by atomic mass is 10.2. The molecule has 4 heteroatoms. The number of anilines is 2. The van der Waals surface area contributed by atoms with Gasteiger partial charge in [-0.1, -0.05) is 0 Å². The highest BCUT2D eigenvalue weighted by Crippen LogP contribution is 2.29. The highest BCUT2D eigenvalue weighted by molar-refractivity contribution is 5.69. The van der Waals surface area contributed by atoms with Gasteiger partial charge in [-0.05, 0) is 26.0 Å². The van der Waals surface area contributed by atoms with Gasteiger partial charge >= 0.3 is 0 Å². The molecule has 1 heterocycles. The molecule has 4 nitrogen and oxygen atoms in total. The van der Waals surface area contributed by atoms with Crippen LogP contribution in [0.2, 0.25) is 0 Å². The van der Waals surface area contributed by atoms with Crippen LogP contribution in [0.4, 0.5) is 11.4 Å². The number of ether oxygens (including phenoxy) is 1. The molecule has 0 atom stereocenters. The number of nitrogen functional groups attached to an aromatic ring is 1. The van der Waals surface area contributed by atoms with Gasteiger partial charge in [-0.15, -0.1) is 0 Å². The van der Waals surface area contributed by atoms with Gasteiger partial charge in [0.25, 0.3) is 0 Å². The van der Waals surface area contributed by atoms with Gasteiger partial charge in [-0.2, -0.15) is 0 Å². The number of methoxy groups -OCH3 is 1. The highest BCUT2D eigenvalue weighted by atomic mass is 16.5. The Balaban J connectivity index is 2.09.